The number of ether oxygens (including phenoxy) is 1. The van der Waals surface area contributed by atoms with Gasteiger partial charge in [-0.1, -0.05) is 0 Å². The van der Waals surface area contributed by atoms with Gasteiger partial charge in [-0.05, 0) is 13.0 Å². The normalized spacial score (nSPS) is 32.3. The highest BCUT2D eigenvalue weighted by Gasteiger charge is 2.40. The Morgan fingerprint density at radius 3 is 2.56 bits per heavy atom. The van der Waals surface area contributed by atoms with Gasteiger partial charge in [0.25, 0.3) is 0 Å². The summed E-state index contributed by atoms with van der Waals surface area (Å²) in [4.78, 5) is 0. The van der Waals surface area contributed by atoms with Crippen LogP contribution in [-0.2, 0) is 4.74 Å². The third kappa shape index (κ3) is 1.09. The van der Waals surface area contributed by atoms with Gasteiger partial charge in [-0.2, -0.15) is 0 Å². The maximum Gasteiger partial charge on any atom is 0.498 e. The topological polar surface area (TPSA) is 49.7 Å². The minimum absolute atomic E-state index is 0.560. The van der Waals surface area contributed by atoms with Crippen LogP contribution in [0.3, 0.4) is 0 Å². The first-order chi connectivity index (χ1) is 4.15. The SMILES string of the molecule is CC1(B(O)O)CC=CO1. The molecule has 0 amide bonds. The van der Waals surface area contributed by atoms with Gasteiger partial charge < -0.3 is 14.8 Å². The molecule has 0 aromatic heterocycles. The Hall–Kier alpha value is -0.475. The van der Waals surface area contributed by atoms with Crippen LogP contribution in [-0.4, -0.2) is 22.7 Å². The fourth-order valence-corrected chi connectivity index (χ4v) is 0.700. The van der Waals surface area contributed by atoms with E-state index < -0.39 is 12.6 Å². The van der Waals surface area contributed by atoms with Crippen molar-refractivity contribution in [3.63, 3.8) is 0 Å². The van der Waals surface area contributed by atoms with Crippen LogP contribution in [0.5, 0.6) is 0 Å². The zero-order valence-electron chi connectivity index (χ0n) is 5.24. The highest BCUT2D eigenvalue weighted by atomic mass is 16.5. The van der Waals surface area contributed by atoms with Crippen LogP contribution in [0, 0.1) is 0 Å². The van der Waals surface area contributed by atoms with Crippen LogP contribution < -0.4 is 0 Å². The van der Waals surface area contributed by atoms with E-state index in [2.05, 4.69) is 0 Å². The molecule has 0 fully saturated rings. The van der Waals surface area contributed by atoms with E-state index in [0.717, 1.165) is 0 Å². The molecule has 2 N–H and O–H groups in total. The Labute approximate surface area is 54.1 Å². The summed E-state index contributed by atoms with van der Waals surface area (Å²) in [6.07, 6.45) is 3.81. The van der Waals surface area contributed by atoms with Crippen LogP contribution in [0.25, 0.3) is 0 Å². The zero-order chi connectivity index (χ0) is 6.91. The smallest absolute Gasteiger partial charge is 0.497 e. The van der Waals surface area contributed by atoms with Crippen LogP contribution in [0.1, 0.15) is 13.3 Å². The molecule has 1 rings (SSSR count). The van der Waals surface area contributed by atoms with Crippen molar-refractivity contribution in [1.29, 1.82) is 0 Å². The van der Waals surface area contributed by atoms with E-state index in [0.29, 0.717) is 6.42 Å². The third-order valence-corrected chi connectivity index (χ3v) is 1.50. The molecule has 0 bridgehead atoms. The maximum absolute atomic E-state index is 8.70. The van der Waals surface area contributed by atoms with Crippen molar-refractivity contribution in [2.24, 2.45) is 0 Å². The molecule has 1 aliphatic rings. The van der Waals surface area contributed by atoms with Crippen molar-refractivity contribution in [2.75, 3.05) is 0 Å². The molecule has 4 heteroatoms. The van der Waals surface area contributed by atoms with E-state index in [-0.39, 0.29) is 0 Å². The summed E-state index contributed by atoms with van der Waals surface area (Å²) >= 11 is 0. The second-order valence-electron chi connectivity index (χ2n) is 2.38. The minimum atomic E-state index is -1.40. The molecule has 0 saturated carbocycles. The Balaban J connectivity index is 2.55. The van der Waals surface area contributed by atoms with Gasteiger partial charge in [0.1, 0.15) is 5.50 Å². The second kappa shape index (κ2) is 2.04. The van der Waals surface area contributed by atoms with Gasteiger partial charge in [0.15, 0.2) is 0 Å². The predicted octanol–water partition coefficient (Wildman–Crippen LogP) is -0.309. The lowest BCUT2D eigenvalue weighted by molar-refractivity contribution is 0.101. The van der Waals surface area contributed by atoms with Crippen molar-refractivity contribution < 1.29 is 14.8 Å². The quantitative estimate of drug-likeness (QED) is 0.476. The highest BCUT2D eigenvalue weighted by Crippen LogP contribution is 2.22. The Morgan fingerprint density at radius 1 is 1.67 bits per heavy atom. The van der Waals surface area contributed by atoms with Crippen LogP contribution in [0.2, 0.25) is 0 Å². The Morgan fingerprint density at radius 2 is 2.33 bits per heavy atom. The fraction of sp³-hybridized carbons (Fsp3) is 0.600. The summed E-state index contributed by atoms with van der Waals surface area (Å²) in [5, 5.41) is 17.4. The molecular weight excluding hydrogens is 119 g/mol. The second-order valence-corrected chi connectivity index (χ2v) is 2.38. The first-order valence-corrected chi connectivity index (χ1v) is 2.84. The Kier molecular flexibility index (Phi) is 1.51. The molecule has 0 aliphatic carbocycles. The van der Waals surface area contributed by atoms with Crippen molar-refractivity contribution >= 4 is 7.12 Å². The van der Waals surface area contributed by atoms with E-state index in [1.165, 1.54) is 6.26 Å². The van der Waals surface area contributed by atoms with Crippen molar-refractivity contribution in [1.82, 2.24) is 0 Å². The van der Waals surface area contributed by atoms with Gasteiger partial charge in [0, 0.05) is 6.42 Å². The van der Waals surface area contributed by atoms with Gasteiger partial charge in [0.2, 0.25) is 0 Å². The summed E-state index contributed by atoms with van der Waals surface area (Å²) in [5.41, 5.74) is -0.806. The van der Waals surface area contributed by atoms with Crippen molar-refractivity contribution in [3.05, 3.63) is 12.3 Å². The van der Waals surface area contributed by atoms with E-state index in [9.17, 15) is 0 Å². The molecule has 1 unspecified atom stereocenters. The molecule has 0 saturated heterocycles. The number of hydrogen-bond acceptors (Lipinski definition) is 3. The fourth-order valence-electron chi connectivity index (χ4n) is 0.700. The molecule has 1 atom stereocenters. The minimum Gasteiger partial charge on any atom is -0.497 e. The zero-order valence-corrected chi connectivity index (χ0v) is 5.24. The molecule has 0 aromatic carbocycles. The van der Waals surface area contributed by atoms with Crippen LogP contribution in [0.15, 0.2) is 12.3 Å². The van der Waals surface area contributed by atoms with Crippen LogP contribution in [0.4, 0.5) is 0 Å². The molecule has 0 spiro atoms. The summed E-state index contributed by atoms with van der Waals surface area (Å²) in [6.45, 7) is 1.65. The summed E-state index contributed by atoms with van der Waals surface area (Å²) in [6, 6.07) is 0. The Bertz CT molecular complexity index is 124. The van der Waals surface area contributed by atoms with Crippen LogP contribution >= 0.6 is 0 Å². The third-order valence-electron chi connectivity index (χ3n) is 1.50. The molecule has 0 aromatic rings. The van der Waals surface area contributed by atoms with Gasteiger partial charge in [-0.3, -0.25) is 0 Å². The van der Waals surface area contributed by atoms with Gasteiger partial charge in [-0.25, -0.2) is 0 Å². The molecule has 3 nitrogen and oxygen atoms in total. The lowest BCUT2D eigenvalue weighted by Gasteiger charge is -2.21. The molecule has 1 aliphatic heterocycles. The van der Waals surface area contributed by atoms with E-state index in [1.807, 2.05) is 0 Å². The molecular formula is C5H9BO3. The van der Waals surface area contributed by atoms with E-state index >= 15 is 0 Å². The highest BCUT2D eigenvalue weighted by molar-refractivity contribution is 6.45. The average molecular weight is 128 g/mol. The van der Waals surface area contributed by atoms with Gasteiger partial charge in [0.05, 0.1) is 6.26 Å². The van der Waals surface area contributed by atoms with Crippen molar-refractivity contribution in [3.8, 4) is 0 Å². The lowest BCUT2D eigenvalue weighted by Crippen LogP contribution is -2.42. The first-order valence-electron chi connectivity index (χ1n) is 2.84. The largest absolute Gasteiger partial charge is 0.498 e. The average Bonchev–Trinajstić information content (AvgIpc) is 2.16. The standard InChI is InChI=1S/C5H9BO3/c1-5(6(7)8)3-2-4-9-5/h2,4,7-8H,3H2,1H3. The van der Waals surface area contributed by atoms with Crippen molar-refractivity contribution in [2.45, 2.75) is 18.8 Å². The summed E-state index contributed by atoms with van der Waals surface area (Å²) in [7, 11) is -1.40. The predicted molar refractivity (Wildman–Crippen MR) is 33.4 cm³/mol. The van der Waals surface area contributed by atoms with Gasteiger partial charge in [-0.15, -0.1) is 0 Å². The van der Waals surface area contributed by atoms with E-state index in [4.69, 9.17) is 14.8 Å². The number of rotatable bonds is 1. The lowest BCUT2D eigenvalue weighted by atomic mass is 9.68. The monoisotopic (exact) mass is 128 g/mol. The summed E-state index contributed by atoms with van der Waals surface area (Å²) in [5.74, 6) is 0. The van der Waals surface area contributed by atoms with E-state index in [1.54, 1.807) is 13.0 Å². The molecule has 50 valence electrons. The molecule has 1 heterocycles. The number of hydrogen-bond donors (Lipinski definition) is 2. The molecule has 9 heavy (non-hydrogen) atoms. The summed E-state index contributed by atoms with van der Waals surface area (Å²) < 4.78 is 4.92. The first kappa shape index (κ1) is 6.64. The maximum atomic E-state index is 8.70. The molecule has 0 radical (unpaired) electrons. The van der Waals surface area contributed by atoms with Gasteiger partial charge >= 0.3 is 7.12 Å².